The van der Waals surface area contributed by atoms with Crippen LogP contribution in [-0.2, 0) is 6.18 Å². The van der Waals surface area contributed by atoms with E-state index in [-0.39, 0.29) is 0 Å². The van der Waals surface area contributed by atoms with Gasteiger partial charge in [0.25, 0.3) is 0 Å². The maximum atomic E-state index is 12.4. The summed E-state index contributed by atoms with van der Waals surface area (Å²) in [7, 11) is 0. The van der Waals surface area contributed by atoms with E-state index in [0.29, 0.717) is 29.5 Å². The lowest BCUT2D eigenvalue weighted by molar-refractivity contribution is -0.137. The summed E-state index contributed by atoms with van der Waals surface area (Å²) in [6, 6.07) is 11.9. The summed E-state index contributed by atoms with van der Waals surface area (Å²) >= 11 is 0. The number of benzene rings is 2. The molecule has 1 nitrogen and oxygen atoms in total. The number of hydrogen-bond acceptors (Lipinski definition) is 1. The zero-order valence-electron chi connectivity index (χ0n) is 13.4. The monoisotopic (exact) mass is 340 g/mol. The second kappa shape index (κ2) is 8.76. The first-order chi connectivity index (χ1) is 12.0. The molecule has 0 aliphatic rings. The Bertz CT molecular complexity index is 841. The SMILES string of the molecule is O=Cc1ccccc1C#CCCCC#Cc1ccc(C(F)(F)F)cc1. The fourth-order valence-corrected chi connectivity index (χ4v) is 2.04. The molecule has 0 aliphatic heterocycles. The second-order valence-electron chi connectivity index (χ2n) is 5.24. The molecule has 0 saturated heterocycles. The number of carbonyl (C=O) groups is 1. The molecule has 0 amide bonds. The largest absolute Gasteiger partial charge is 0.416 e. The Morgan fingerprint density at radius 1 is 0.880 bits per heavy atom. The number of halogens is 3. The molecule has 126 valence electrons. The van der Waals surface area contributed by atoms with Gasteiger partial charge in [-0.2, -0.15) is 13.2 Å². The van der Waals surface area contributed by atoms with Crippen molar-refractivity contribution in [1.82, 2.24) is 0 Å². The molecule has 4 heteroatoms. The van der Waals surface area contributed by atoms with Crippen molar-refractivity contribution in [1.29, 1.82) is 0 Å². The van der Waals surface area contributed by atoms with Crippen LogP contribution in [0.5, 0.6) is 0 Å². The van der Waals surface area contributed by atoms with Crippen molar-refractivity contribution >= 4 is 6.29 Å². The number of hydrogen-bond donors (Lipinski definition) is 0. The molecule has 0 aromatic heterocycles. The predicted octanol–water partition coefficient (Wildman–Crippen LogP) is 5.09. The average Bonchev–Trinajstić information content (AvgIpc) is 2.61. The van der Waals surface area contributed by atoms with Crippen molar-refractivity contribution < 1.29 is 18.0 Å². The molecule has 0 atom stereocenters. The van der Waals surface area contributed by atoms with Crippen LogP contribution in [0.25, 0.3) is 0 Å². The summed E-state index contributed by atoms with van der Waals surface area (Å²) in [5, 5.41) is 0. The molecule has 0 unspecified atom stereocenters. The number of unbranched alkanes of at least 4 members (excludes halogenated alkanes) is 2. The van der Waals surface area contributed by atoms with E-state index in [9.17, 15) is 18.0 Å². The zero-order chi connectivity index (χ0) is 18.1. The first-order valence-electron chi connectivity index (χ1n) is 7.70. The standard InChI is InChI=1S/C21H15F3O/c22-21(23,24)20-14-12-17(13-15-20)8-4-2-1-3-5-9-18-10-6-7-11-19(18)16-25/h6-7,10-16H,1-3H2. The van der Waals surface area contributed by atoms with Crippen molar-refractivity contribution in [3.63, 3.8) is 0 Å². The predicted molar refractivity (Wildman–Crippen MR) is 90.9 cm³/mol. The third-order valence-electron chi connectivity index (χ3n) is 3.36. The number of aldehydes is 1. The van der Waals surface area contributed by atoms with Crippen LogP contribution in [0.3, 0.4) is 0 Å². The van der Waals surface area contributed by atoms with Gasteiger partial charge >= 0.3 is 6.18 Å². The average molecular weight is 340 g/mol. The highest BCUT2D eigenvalue weighted by atomic mass is 19.4. The minimum Gasteiger partial charge on any atom is -0.298 e. The van der Waals surface area contributed by atoms with E-state index in [2.05, 4.69) is 23.7 Å². The van der Waals surface area contributed by atoms with E-state index in [1.54, 1.807) is 18.2 Å². The Morgan fingerprint density at radius 2 is 1.52 bits per heavy atom. The van der Waals surface area contributed by atoms with E-state index in [1.165, 1.54) is 12.1 Å². The molecule has 25 heavy (non-hydrogen) atoms. The molecular weight excluding hydrogens is 325 g/mol. The minimum atomic E-state index is -4.33. The van der Waals surface area contributed by atoms with Crippen molar-refractivity contribution in [3.05, 3.63) is 70.8 Å². The van der Waals surface area contributed by atoms with Gasteiger partial charge < -0.3 is 0 Å². The van der Waals surface area contributed by atoms with Crippen LogP contribution in [0.15, 0.2) is 48.5 Å². The topological polar surface area (TPSA) is 17.1 Å². The van der Waals surface area contributed by atoms with Crippen LogP contribution in [0.1, 0.15) is 46.3 Å². The van der Waals surface area contributed by atoms with Crippen LogP contribution < -0.4 is 0 Å². The summed E-state index contributed by atoms with van der Waals surface area (Å²) < 4.78 is 37.3. The van der Waals surface area contributed by atoms with Gasteiger partial charge in [0.15, 0.2) is 6.29 Å². The number of rotatable bonds is 3. The van der Waals surface area contributed by atoms with E-state index in [1.807, 2.05) is 6.07 Å². The number of alkyl halides is 3. The molecule has 0 fully saturated rings. The van der Waals surface area contributed by atoms with Crippen molar-refractivity contribution in [2.45, 2.75) is 25.4 Å². The quantitative estimate of drug-likeness (QED) is 0.432. The lowest BCUT2D eigenvalue weighted by Gasteiger charge is -2.05. The summed E-state index contributed by atoms with van der Waals surface area (Å²) in [4.78, 5) is 10.9. The molecule has 0 radical (unpaired) electrons. The van der Waals surface area contributed by atoms with E-state index >= 15 is 0 Å². The molecule has 0 heterocycles. The minimum absolute atomic E-state index is 0.555. The maximum Gasteiger partial charge on any atom is 0.416 e. The molecule has 0 aliphatic carbocycles. The molecule has 0 N–H and O–H groups in total. The number of carbonyl (C=O) groups excluding carboxylic acids is 1. The summed E-state index contributed by atoms with van der Waals surface area (Å²) in [5.74, 6) is 11.7. The fraction of sp³-hybridized carbons (Fsp3) is 0.190. The smallest absolute Gasteiger partial charge is 0.298 e. The van der Waals surface area contributed by atoms with Crippen LogP contribution in [0.4, 0.5) is 13.2 Å². The normalized spacial score (nSPS) is 10.2. The molecule has 2 aromatic carbocycles. The van der Waals surface area contributed by atoms with Crippen LogP contribution in [0.2, 0.25) is 0 Å². The van der Waals surface area contributed by atoms with Gasteiger partial charge in [-0.05, 0) is 36.8 Å². The Labute approximate surface area is 144 Å². The molecule has 0 bridgehead atoms. The maximum absolute atomic E-state index is 12.4. The first kappa shape index (κ1) is 18.4. The summed E-state index contributed by atoms with van der Waals surface area (Å²) in [5.41, 5.74) is 1.15. The van der Waals surface area contributed by atoms with Crippen molar-refractivity contribution in [3.8, 4) is 23.7 Å². The van der Waals surface area contributed by atoms with E-state index < -0.39 is 11.7 Å². The van der Waals surface area contributed by atoms with E-state index in [0.717, 1.165) is 24.8 Å². The molecule has 0 saturated carbocycles. The van der Waals surface area contributed by atoms with Gasteiger partial charge in [-0.15, -0.1) is 0 Å². The Balaban J connectivity index is 1.82. The van der Waals surface area contributed by atoms with Gasteiger partial charge in [-0.25, -0.2) is 0 Å². The molecule has 2 aromatic rings. The van der Waals surface area contributed by atoms with Crippen LogP contribution >= 0.6 is 0 Å². The first-order valence-corrected chi connectivity index (χ1v) is 7.70. The van der Waals surface area contributed by atoms with E-state index in [4.69, 9.17) is 0 Å². The summed E-state index contributed by atoms with van der Waals surface area (Å²) in [6.07, 6.45) is -1.56. The highest BCUT2D eigenvalue weighted by Crippen LogP contribution is 2.28. The van der Waals surface area contributed by atoms with Crippen molar-refractivity contribution in [2.24, 2.45) is 0 Å². The van der Waals surface area contributed by atoms with Gasteiger partial charge in [0.1, 0.15) is 0 Å². The van der Waals surface area contributed by atoms with Gasteiger partial charge in [-0.3, -0.25) is 4.79 Å². The molecule has 2 rings (SSSR count). The van der Waals surface area contributed by atoms with Crippen LogP contribution in [0, 0.1) is 23.7 Å². The molecular formula is C21H15F3O. The third kappa shape index (κ3) is 5.86. The van der Waals surface area contributed by atoms with Crippen LogP contribution in [-0.4, -0.2) is 6.29 Å². The Morgan fingerprint density at radius 3 is 2.16 bits per heavy atom. The third-order valence-corrected chi connectivity index (χ3v) is 3.36. The Hall–Kier alpha value is -2.98. The van der Waals surface area contributed by atoms with Gasteiger partial charge in [0.2, 0.25) is 0 Å². The summed E-state index contributed by atoms with van der Waals surface area (Å²) in [6.45, 7) is 0. The van der Waals surface area contributed by atoms with Crippen molar-refractivity contribution in [2.75, 3.05) is 0 Å². The van der Waals surface area contributed by atoms with Gasteiger partial charge in [-0.1, -0.05) is 41.9 Å². The zero-order valence-corrected chi connectivity index (χ0v) is 13.4. The van der Waals surface area contributed by atoms with Gasteiger partial charge in [0, 0.05) is 29.5 Å². The molecule has 0 spiro atoms. The highest BCUT2D eigenvalue weighted by molar-refractivity contribution is 5.79. The fourth-order valence-electron chi connectivity index (χ4n) is 2.04. The highest BCUT2D eigenvalue weighted by Gasteiger charge is 2.29. The lowest BCUT2D eigenvalue weighted by Crippen LogP contribution is -2.04. The lowest BCUT2D eigenvalue weighted by atomic mass is 10.1. The van der Waals surface area contributed by atoms with Gasteiger partial charge in [0.05, 0.1) is 5.56 Å². The Kier molecular flexibility index (Phi) is 6.43. The second-order valence-corrected chi connectivity index (χ2v) is 5.24.